The summed E-state index contributed by atoms with van der Waals surface area (Å²) in [7, 11) is 0. The fourth-order valence-electron chi connectivity index (χ4n) is 10.0. The molecule has 6 rings (SSSR count). The molecule has 0 amide bonds. The van der Waals surface area contributed by atoms with Crippen molar-refractivity contribution in [1.82, 2.24) is 4.98 Å². The quantitative estimate of drug-likeness (QED) is 0.282. The van der Waals surface area contributed by atoms with Crippen LogP contribution in [-0.2, 0) is 84.4 Å². The average molecular weight is 868 g/mol. The Bertz CT molecular complexity index is 2090. The molecule has 3 heterocycles. The molecule has 0 radical (unpaired) electrons. The van der Waals surface area contributed by atoms with E-state index in [1.165, 1.54) is 32.2 Å². The van der Waals surface area contributed by atoms with Gasteiger partial charge in [-0.25, -0.2) is 4.79 Å². The first-order valence-electron chi connectivity index (χ1n) is 20.3. The van der Waals surface area contributed by atoms with Gasteiger partial charge in [0.25, 0.3) is 0 Å². The van der Waals surface area contributed by atoms with Crippen LogP contribution in [0.4, 0.5) is 0 Å². The fraction of sp³-hybridized carbons (Fsp3) is 0.591. The van der Waals surface area contributed by atoms with Gasteiger partial charge in [0.1, 0.15) is 48.1 Å². The molecule has 1 N–H and O–H groups in total. The standard InChI is InChI=1S/C44H53NO17/c1-22-18-31-30(16-13-17-45-31)40(52)56-20-41(8)32-33(57-25(4)47)38(60-28(7)50)43(21-55-24(3)46)37(54-19-29-14-11-10-12-15-29)34(58-26(5)48)36(61-39(51)23(22)2)42(9,53)44(43,62-41)35(32)59-27(6)49/h10-17,22-23,32-38,53H,18-21H2,1-9H3/t22?,23?,32?,33-,34+,35-,36+,37+,38-,41+,42+,43+,44?/m1/s1. The Kier molecular flexibility index (Phi) is 12.9. The van der Waals surface area contributed by atoms with Crippen molar-refractivity contribution in [3.05, 3.63) is 65.5 Å². The Balaban J connectivity index is 1.77. The van der Waals surface area contributed by atoms with Crippen LogP contribution in [0.3, 0.4) is 0 Å². The van der Waals surface area contributed by atoms with Gasteiger partial charge in [-0.05, 0) is 43.9 Å². The summed E-state index contributed by atoms with van der Waals surface area (Å²) >= 11 is 0. The molecule has 1 aromatic heterocycles. The number of cyclic esters (lactones) is 1. The summed E-state index contributed by atoms with van der Waals surface area (Å²) < 4.78 is 56.6. The third-order valence-electron chi connectivity index (χ3n) is 12.6. The lowest BCUT2D eigenvalue weighted by molar-refractivity contribution is -0.392. The number of hydrogen-bond donors (Lipinski definition) is 1. The number of carbonyl (C=O) groups is 7. The molecule has 2 aliphatic heterocycles. The van der Waals surface area contributed by atoms with Gasteiger partial charge in [0, 0.05) is 40.8 Å². The molecular formula is C44H53NO17. The lowest BCUT2D eigenvalue weighted by atomic mass is 9.45. The first-order chi connectivity index (χ1) is 29.1. The Hall–Kier alpha value is -5.46. The van der Waals surface area contributed by atoms with E-state index >= 15 is 0 Å². The molecule has 13 atom stereocenters. The zero-order valence-corrected chi connectivity index (χ0v) is 36.1. The van der Waals surface area contributed by atoms with E-state index in [2.05, 4.69) is 4.98 Å². The Morgan fingerprint density at radius 2 is 1.40 bits per heavy atom. The van der Waals surface area contributed by atoms with E-state index in [9.17, 15) is 38.7 Å². The van der Waals surface area contributed by atoms with Crippen LogP contribution in [0.15, 0.2) is 48.7 Å². The molecule has 4 aliphatic rings. The van der Waals surface area contributed by atoms with Crippen molar-refractivity contribution in [3.8, 4) is 0 Å². The van der Waals surface area contributed by atoms with Crippen molar-refractivity contribution in [1.29, 1.82) is 0 Å². The third kappa shape index (κ3) is 7.92. The Morgan fingerprint density at radius 1 is 0.790 bits per heavy atom. The molecule has 1 saturated heterocycles. The second-order valence-electron chi connectivity index (χ2n) is 17.0. The number of aromatic nitrogens is 1. The van der Waals surface area contributed by atoms with E-state index in [0.29, 0.717) is 5.56 Å². The van der Waals surface area contributed by atoms with Crippen molar-refractivity contribution in [2.45, 2.75) is 129 Å². The smallest absolute Gasteiger partial charge is 0.340 e. The normalized spacial score (nSPS) is 36.3. The van der Waals surface area contributed by atoms with Gasteiger partial charge >= 0.3 is 41.8 Å². The number of nitrogens with zero attached hydrogens (tertiary/aromatic N) is 1. The van der Waals surface area contributed by atoms with Crippen LogP contribution in [-0.4, -0.2) is 119 Å². The predicted octanol–water partition coefficient (Wildman–Crippen LogP) is 2.76. The number of carbonyl (C=O) groups excluding carboxylic acids is 7. The van der Waals surface area contributed by atoms with Gasteiger partial charge in [-0.2, -0.15) is 0 Å². The molecule has 336 valence electrons. The van der Waals surface area contributed by atoms with Gasteiger partial charge in [-0.3, -0.25) is 33.8 Å². The van der Waals surface area contributed by atoms with Gasteiger partial charge in [0.05, 0.1) is 29.7 Å². The van der Waals surface area contributed by atoms with Crippen LogP contribution in [0.2, 0.25) is 0 Å². The summed E-state index contributed by atoms with van der Waals surface area (Å²) in [5.41, 5.74) is -8.87. The van der Waals surface area contributed by atoms with E-state index in [-0.39, 0.29) is 24.3 Å². The lowest BCUT2D eigenvalue weighted by Gasteiger charge is -2.68. The summed E-state index contributed by atoms with van der Waals surface area (Å²) in [6.07, 6.45) is -9.47. The fourth-order valence-corrected chi connectivity index (χ4v) is 10.0. The number of ether oxygens (including phenoxy) is 9. The van der Waals surface area contributed by atoms with Crippen LogP contribution in [0.5, 0.6) is 0 Å². The topological polar surface area (TPSA) is 236 Å². The van der Waals surface area contributed by atoms with Gasteiger partial charge in [0.15, 0.2) is 23.9 Å². The van der Waals surface area contributed by atoms with Crippen molar-refractivity contribution in [2.24, 2.45) is 23.2 Å². The number of aliphatic hydroxyl groups is 1. The highest BCUT2D eigenvalue weighted by Crippen LogP contribution is 2.70. The highest BCUT2D eigenvalue weighted by atomic mass is 16.7. The summed E-state index contributed by atoms with van der Waals surface area (Å²) in [4.78, 5) is 99.6. The number of benzene rings is 1. The maximum atomic E-state index is 14.6. The van der Waals surface area contributed by atoms with Crippen molar-refractivity contribution >= 4 is 41.8 Å². The second kappa shape index (κ2) is 17.4. The number of esters is 7. The van der Waals surface area contributed by atoms with E-state index < -0.39 is 132 Å². The number of rotatable bonds is 9. The third-order valence-corrected chi connectivity index (χ3v) is 12.6. The predicted molar refractivity (Wildman–Crippen MR) is 209 cm³/mol. The second-order valence-corrected chi connectivity index (χ2v) is 17.0. The monoisotopic (exact) mass is 867 g/mol. The maximum absolute atomic E-state index is 14.6. The summed E-state index contributed by atoms with van der Waals surface area (Å²) in [5.74, 6) is -9.44. The minimum atomic E-state index is -2.73. The highest BCUT2D eigenvalue weighted by Gasteiger charge is 2.91. The van der Waals surface area contributed by atoms with E-state index in [1.807, 2.05) is 0 Å². The lowest BCUT2D eigenvalue weighted by Crippen LogP contribution is -2.89. The van der Waals surface area contributed by atoms with Crippen molar-refractivity contribution in [2.75, 3.05) is 13.2 Å². The zero-order chi connectivity index (χ0) is 45.5. The summed E-state index contributed by atoms with van der Waals surface area (Å²) in [5, 5.41) is 13.7. The molecule has 2 saturated carbocycles. The zero-order valence-electron chi connectivity index (χ0n) is 36.1. The molecule has 3 fully saturated rings. The van der Waals surface area contributed by atoms with E-state index in [1.54, 1.807) is 44.2 Å². The molecule has 18 heteroatoms. The van der Waals surface area contributed by atoms with E-state index in [0.717, 1.165) is 34.6 Å². The number of fused-ring (bicyclic) bond motifs is 5. The van der Waals surface area contributed by atoms with Gasteiger partial charge < -0.3 is 47.7 Å². The molecule has 62 heavy (non-hydrogen) atoms. The van der Waals surface area contributed by atoms with Crippen LogP contribution >= 0.6 is 0 Å². The molecule has 1 aromatic carbocycles. The van der Waals surface area contributed by atoms with Crippen molar-refractivity contribution in [3.63, 3.8) is 0 Å². The van der Waals surface area contributed by atoms with Gasteiger partial charge in [-0.15, -0.1) is 0 Å². The Labute approximate surface area is 358 Å². The van der Waals surface area contributed by atoms with Crippen LogP contribution in [0.1, 0.15) is 83.9 Å². The molecular weight excluding hydrogens is 814 g/mol. The van der Waals surface area contributed by atoms with E-state index in [4.69, 9.17) is 42.6 Å². The highest BCUT2D eigenvalue weighted by molar-refractivity contribution is 5.90. The maximum Gasteiger partial charge on any atom is 0.340 e. The van der Waals surface area contributed by atoms with Gasteiger partial charge in [0.2, 0.25) is 0 Å². The largest absolute Gasteiger partial charge is 0.465 e. The van der Waals surface area contributed by atoms with Crippen LogP contribution < -0.4 is 0 Å². The molecule has 2 aliphatic carbocycles. The number of hydrogen-bond acceptors (Lipinski definition) is 18. The molecule has 1 spiro atoms. The molecule has 4 bridgehead atoms. The van der Waals surface area contributed by atoms with Crippen LogP contribution in [0, 0.1) is 23.2 Å². The molecule has 4 unspecified atom stereocenters. The Morgan fingerprint density at radius 3 is 2.02 bits per heavy atom. The average Bonchev–Trinajstić information content (AvgIpc) is 3.41. The first-order valence-corrected chi connectivity index (χ1v) is 20.3. The minimum Gasteiger partial charge on any atom is -0.465 e. The SMILES string of the molecule is CC(=O)OC[C@]12[C@H](OC(C)=O)[C@H](OC(C)=O)C3[C@@H](OC(C)=O)C14O[C@@]3(C)COC(=O)c1cccnc1CC(C)C(C)C(=O)O[C@@H]([C@H](OC(C)=O)[C@@H]2OCc1ccccc1)[C@]4(C)O. The summed E-state index contributed by atoms with van der Waals surface area (Å²) in [6, 6.07) is 11.7. The summed E-state index contributed by atoms with van der Waals surface area (Å²) in [6.45, 7) is 9.37. The van der Waals surface area contributed by atoms with Crippen LogP contribution in [0.25, 0.3) is 0 Å². The van der Waals surface area contributed by atoms with Gasteiger partial charge in [-0.1, -0.05) is 44.2 Å². The number of pyridine rings is 1. The molecule has 18 nitrogen and oxygen atoms in total. The molecule has 2 aromatic rings. The minimum absolute atomic E-state index is 0.0580. The first kappa shape index (κ1) is 46.1. The van der Waals surface area contributed by atoms with Crippen molar-refractivity contribution < 1.29 is 81.3 Å².